The lowest BCUT2D eigenvalue weighted by Crippen LogP contribution is -2.63. The highest BCUT2D eigenvalue weighted by Gasteiger charge is 2.34. The van der Waals surface area contributed by atoms with Crippen molar-refractivity contribution in [3.05, 3.63) is 23.9 Å². The third kappa shape index (κ3) is 7.77. The number of likely N-dealkylation sites (tertiary alicyclic amines) is 1. The predicted molar refractivity (Wildman–Crippen MR) is 116 cm³/mol. The molecule has 1 saturated heterocycles. The maximum absolute atomic E-state index is 12.0. The first-order valence-corrected chi connectivity index (χ1v) is 8.83. The first-order valence-electron chi connectivity index (χ1n) is 8.83. The maximum Gasteiger partial charge on any atom is 0.410 e. The molecule has 1 aromatic rings. The number of pyridine rings is 1. The van der Waals surface area contributed by atoms with E-state index in [1.165, 1.54) is 0 Å². The molecule has 1 aromatic heterocycles. The molecule has 0 radical (unpaired) electrons. The van der Waals surface area contributed by atoms with Gasteiger partial charge in [0.2, 0.25) is 5.88 Å². The Kier molecular flexibility index (Phi) is 9.07. The number of halogens is 1. The summed E-state index contributed by atoms with van der Waals surface area (Å²) in [6.07, 6.45) is -0.280. The number of aliphatic imine (C=N–C) groups is 1. The van der Waals surface area contributed by atoms with E-state index in [2.05, 4.69) is 20.6 Å². The molecular formula is C18H30IN5O3. The van der Waals surface area contributed by atoms with E-state index in [9.17, 15) is 4.79 Å². The van der Waals surface area contributed by atoms with Crippen molar-refractivity contribution in [2.24, 2.45) is 4.99 Å². The highest BCUT2D eigenvalue weighted by atomic mass is 127. The van der Waals surface area contributed by atoms with Gasteiger partial charge >= 0.3 is 6.09 Å². The Morgan fingerprint density at radius 2 is 2.07 bits per heavy atom. The third-order valence-electron chi connectivity index (χ3n) is 3.61. The molecule has 27 heavy (non-hydrogen) atoms. The molecule has 0 aliphatic carbocycles. The highest BCUT2D eigenvalue weighted by Crippen LogP contribution is 2.15. The molecule has 0 aromatic carbocycles. The van der Waals surface area contributed by atoms with Gasteiger partial charge in [0, 0.05) is 25.7 Å². The van der Waals surface area contributed by atoms with Crippen LogP contribution in [0.1, 0.15) is 33.4 Å². The molecule has 2 rings (SSSR count). The zero-order chi connectivity index (χ0) is 19.2. The van der Waals surface area contributed by atoms with Crippen LogP contribution in [-0.2, 0) is 11.3 Å². The van der Waals surface area contributed by atoms with Crippen LogP contribution in [0.25, 0.3) is 0 Å². The van der Waals surface area contributed by atoms with Crippen LogP contribution in [0.4, 0.5) is 4.79 Å². The number of amides is 1. The molecule has 1 amide bonds. The molecule has 1 fully saturated rings. The number of rotatable bonds is 5. The fourth-order valence-corrected chi connectivity index (χ4v) is 2.38. The number of nitrogens with one attached hydrogen (secondary N) is 2. The summed E-state index contributed by atoms with van der Waals surface area (Å²) in [5, 5.41) is 6.54. The molecule has 1 aliphatic heterocycles. The molecule has 2 N–H and O–H groups in total. The summed E-state index contributed by atoms with van der Waals surface area (Å²) < 4.78 is 10.5. The van der Waals surface area contributed by atoms with Crippen molar-refractivity contribution in [2.75, 3.05) is 26.7 Å². The Labute approximate surface area is 178 Å². The zero-order valence-corrected chi connectivity index (χ0v) is 18.9. The second-order valence-electron chi connectivity index (χ2n) is 7.09. The summed E-state index contributed by atoms with van der Waals surface area (Å²) in [7, 11) is 1.59. The molecule has 0 unspecified atom stereocenters. The van der Waals surface area contributed by atoms with Crippen LogP contribution in [0.5, 0.6) is 5.88 Å². The van der Waals surface area contributed by atoms with Gasteiger partial charge in [-0.05, 0) is 33.8 Å². The predicted octanol–water partition coefficient (Wildman–Crippen LogP) is 2.38. The van der Waals surface area contributed by atoms with E-state index in [-0.39, 0.29) is 36.1 Å². The van der Waals surface area contributed by atoms with E-state index in [1.54, 1.807) is 18.1 Å². The van der Waals surface area contributed by atoms with Gasteiger partial charge in [-0.2, -0.15) is 0 Å². The third-order valence-corrected chi connectivity index (χ3v) is 3.61. The van der Waals surface area contributed by atoms with Crippen molar-refractivity contribution in [2.45, 2.75) is 45.9 Å². The fourth-order valence-electron chi connectivity index (χ4n) is 2.38. The van der Waals surface area contributed by atoms with Crippen LogP contribution in [0.2, 0.25) is 0 Å². The van der Waals surface area contributed by atoms with Crippen LogP contribution in [-0.4, -0.2) is 60.3 Å². The van der Waals surface area contributed by atoms with E-state index in [4.69, 9.17) is 9.47 Å². The van der Waals surface area contributed by atoms with Crippen LogP contribution in [0, 0.1) is 0 Å². The Balaban J connectivity index is 0.00000364. The van der Waals surface area contributed by atoms with E-state index < -0.39 is 5.60 Å². The molecular weight excluding hydrogens is 461 g/mol. The zero-order valence-electron chi connectivity index (χ0n) is 16.6. The van der Waals surface area contributed by atoms with Gasteiger partial charge in [-0.15, -0.1) is 24.0 Å². The molecule has 0 atom stereocenters. The second kappa shape index (κ2) is 10.5. The average Bonchev–Trinajstić information content (AvgIpc) is 2.53. The maximum atomic E-state index is 12.0. The number of hydrogen-bond donors (Lipinski definition) is 2. The summed E-state index contributed by atoms with van der Waals surface area (Å²) in [6, 6.07) is 5.75. The average molecular weight is 491 g/mol. The van der Waals surface area contributed by atoms with Crippen molar-refractivity contribution in [3.8, 4) is 5.88 Å². The van der Waals surface area contributed by atoms with Crippen molar-refractivity contribution >= 4 is 36.0 Å². The lowest BCUT2D eigenvalue weighted by Gasteiger charge is -2.40. The number of carbonyl (C=O) groups is 1. The molecule has 8 nitrogen and oxygen atoms in total. The van der Waals surface area contributed by atoms with Crippen LogP contribution in [0.3, 0.4) is 0 Å². The smallest absolute Gasteiger partial charge is 0.410 e. The summed E-state index contributed by atoms with van der Waals surface area (Å²) >= 11 is 0. The SMILES string of the molecule is CCNC(=NCc1cccc(OC)n1)NC1CN(C(=O)OC(C)(C)C)C1.I. The van der Waals surface area contributed by atoms with E-state index in [0.717, 1.165) is 12.2 Å². The Morgan fingerprint density at radius 1 is 1.37 bits per heavy atom. The van der Waals surface area contributed by atoms with Gasteiger partial charge in [-0.25, -0.2) is 14.8 Å². The number of aromatic nitrogens is 1. The second-order valence-corrected chi connectivity index (χ2v) is 7.09. The summed E-state index contributed by atoms with van der Waals surface area (Å²) in [5.74, 6) is 1.27. The molecule has 2 heterocycles. The van der Waals surface area contributed by atoms with Gasteiger partial charge in [-0.3, -0.25) is 0 Å². The Hall–Kier alpha value is -1.78. The summed E-state index contributed by atoms with van der Waals surface area (Å²) in [5.41, 5.74) is 0.348. The minimum absolute atomic E-state index is 0. The molecule has 0 spiro atoms. The van der Waals surface area contributed by atoms with Gasteiger partial charge in [0.15, 0.2) is 5.96 Å². The van der Waals surface area contributed by atoms with Gasteiger partial charge in [-0.1, -0.05) is 6.07 Å². The van der Waals surface area contributed by atoms with Crippen LogP contribution >= 0.6 is 24.0 Å². The number of ether oxygens (including phenoxy) is 2. The first kappa shape index (κ1) is 23.3. The number of hydrogen-bond acceptors (Lipinski definition) is 5. The first-order chi connectivity index (χ1) is 12.3. The van der Waals surface area contributed by atoms with Crippen molar-refractivity contribution < 1.29 is 14.3 Å². The number of guanidine groups is 1. The van der Waals surface area contributed by atoms with Crippen LogP contribution in [0.15, 0.2) is 23.2 Å². The Morgan fingerprint density at radius 3 is 2.67 bits per heavy atom. The number of methoxy groups -OCH3 is 1. The standard InChI is InChI=1S/C18H29N5O3.HI/c1-6-19-16(20-10-13-8-7-9-15(21-13)25-5)22-14-11-23(12-14)17(24)26-18(2,3)4;/h7-9,14H,6,10-12H2,1-5H3,(H2,19,20,22);1H. The van der Waals surface area contributed by atoms with Crippen molar-refractivity contribution in [3.63, 3.8) is 0 Å². The fraction of sp³-hybridized carbons (Fsp3) is 0.611. The topological polar surface area (TPSA) is 88.1 Å². The number of carbonyl (C=O) groups excluding carboxylic acids is 1. The lowest BCUT2D eigenvalue weighted by molar-refractivity contribution is 0.00701. The largest absolute Gasteiger partial charge is 0.481 e. The van der Waals surface area contributed by atoms with Crippen molar-refractivity contribution in [1.82, 2.24) is 20.5 Å². The van der Waals surface area contributed by atoms with Crippen molar-refractivity contribution in [1.29, 1.82) is 0 Å². The van der Waals surface area contributed by atoms with Gasteiger partial charge < -0.3 is 25.0 Å². The number of nitrogens with zero attached hydrogens (tertiary/aromatic N) is 3. The quantitative estimate of drug-likeness (QED) is 0.374. The van der Waals surface area contributed by atoms with E-state index >= 15 is 0 Å². The Bertz CT molecular complexity index is 642. The molecule has 9 heteroatoms. The highest BCUT2D eigenvalue weighted by molar-refractivity contribution is 14.0. The lowest BCUT2D eigenvalue weighted by atomic mass is 10.1. The minimum atomic E-state index is -0.476. The normalized spacial score (nSPS) is 14.7. The minimum Gasteiger partial charge on any atom is -0.481 e. The molecule has 1 aliphatic rings. The molecule has 152 valence electrons. The van der Waals surface area contributed by atoms with Gasteiger partial charge in [0.05, 0.1) is 25.4 Å². The van der Waals surface area contributed by atoms with Crippen LogP contribution < -0.4 is 15.4 Å². The van der Waals surface area contributed by atoms with Gasteiger partial charge in [0.1, 0.15) is 5.60 Å². The molecule has 0 bridgehead atoms. The summed E-state index contributed by atoms with van der Waals surface area (Å²) in [6.45, 7) is 9.98. The van der Waals surface area contributed by atoms with E-state index in [0.29, 0.717) is 31.5 Å². The van der Waals surface area contributed by atoms with E-state index in [1.807, 2.05) is 39.8 Å². The summed E-state index contributed by atoms with van der Waals surface area (Å²) in [4.78, 5) is 22.6. The monoisotopic (exact) mass is 491 g/mol. The molecule has 0 saturated carbocycles. The van der Waals surface area contributed by atoms with Gasteiger partial charge in [0.25, 0.3) is 0 Å².